The van der Waals surface area contributed by atoms with Gasteiger partial charge in [-0.25, -0.2) is 0 Å². The minimum Gasteiger partial charge on any atom is -0.494 e. The van der Waals surface area contributed by atoms with E-state index in [4.69, 9.17) is 9.47 Å². The lowest BCUT2D eigenvalue weighted by atomic mass is 9.97. The first-order valence-electron chi connectivity index (χ1n) is 7.84. The molecule has 0 atom stereocenters. The van der Waals surface area contributed by atoms with Crippen molar-refractivity contribution in [1.29, 1.82) is 0 Å². The molecular weight excluding hydrogens is 266 g/mol. The van der Waals surface area contributed by atoms with E-state index in [1.54, 1.807) is 0 Å². The summed E-state index contributed by atoms with van der Waals surface area (Å²) in [6, 6.07) is 7.72. The molecule has 2 rings (SSSR count). The largest absolute Gasteiger partial charge is 0.494 e. The third-order valence-electron chi connectivity index (χ3n) is 3.81. The van der Waals surface area contributed by atoms with E-state index in [2.05, 4.69) is 5.32 Å². The van der Waals surface area contributed by atoms with Crippen LogP contribution in [0.3, 0.4) is 0 Å². The van der Waals surface area contributed by atoms with Crippen LogP contribution in [0.1, 0.15) is 31.7 Å². The number of carbonyl (C=O) groups excluding carboxylic acids is 1. The summed E-state index contributed by atoms with van der Waals surface area (Å²) in [4.78, 5) is 11.9. The van der Waals surface area contributed by atoms with E-state index in [0.717, 1.165) is 50.3 Å². The minimum atomic E-state index is 0.0891. The normalized spacial score (nSPS) is 15.7. The van der Waals surface area contributed by atoms with Gasteiger partial charge in [0.2, 0.25) is 5.91 Å². The van der Waals surface area contributed by atoms with Crippen molar-refractivity contribution in [3.63, 3.8) is 0 Å². The summed E-state index contributed by atoms with van der Waals surface area (Å²) in [5.41, 5.74) is 1.02. The zero-order valence-electron chi connectivity index (χ0n) is 12.8. The Morgan fingerprint density at radius 2 is 2.00 bits per heavy atom. The fraction of sp³-hybridized carbons (Fsp3) is 0.588. The van der Waals surface area contributed by atoms with Gasteiger partial charge in [0.05, 0.1) is 13.0 Å². The topological polar surface area (TPSA) is 47.6 Å². The lowest BCUT2D eigenvalue weighted by Gasteiger charge is -2.21. The van der Waals surface area contributed by atoms with Gasteiger partial charge >= 0.3 is 0 Å². The lowest BCUT2D eigenvalue weighted by Crippen LogP contribution is -2.28. The van der Waals surface area contributed by atoms with Crippen LogP contribution < -0.4 is 10.1 Å². The van der Waals surface area contributed by atoms with Crippen LogP contribution in [-0.2, 0) is 16.0 Å². The van der Waals surface area contributed by atoms with E-state index in [1.165, 1.54) is 0 Å². The van der Waals surface area contributed by atoms with Gasteiger partial charge in [-0.2, -0.15) is 0 Å². The number of benzene rings is 1. The molecule has 1 heterocycles. The molecule has 1 aromatic rings. The smallest absolute Gasteiger partial charge is 0.224 e. The Balaban J connectivity index is 1.66. The van der Waals surface area contributed by atoms with Crippen molar-refractivity contribution >= 4 is 5.91 Å². The molecule has 4 heteroatoms. The highest BCUT2D eigenvalue weighted by molar-refractivity contribution is 5.78. The number of ether oxygens (including phenoxy) is 2. The number of rotatable bonds is 7. The van der Waals surface area contributed by atoms with E-state index >= 15 is 0 Å². The second-order valence-corrected chi connectivity index (χ2v) is 5.45. The van der Waals surface area contributed by atoms with Gasteiger partial charge < -0.3 is 14.8 Å². The van der Waals surface area contributed by atoms with Gasteiger partial charge in [0.1, 0.15) is 5.75 Å². The van der Waals surface area contributed by atoms with Gasteiger partial charge in [0, 0.05) is 19.8 Å². The molecule has 1 N–H and O–H groups in total. The molecule has 0 aliphatic carbocycles. The first kappa shape index (κ1) is 15.8. The van der Waals surface area contributed by atoms with Crippen molar-refractivity contribution < 1.29 is 14.3 Å². The molecule has 0 unspecified atom stereocenters. The van der Waals surface area contributed by atoms with Crippen LogP contribution in [0.25, 0.3) is 0 Å². The summed E-state index contributed by atoms with van der Waals surface area (Å²) in [5, 5.41) is 3.01. The van der Waals surface area contributed by atoms with Crippen LogP contribution in [0, 0.1) is 5.92 Å². The van der Waals surface area contributed by atoms with Gasteiger partial charge in [0.25, 0.3) is 0 Å². The molecule has 0 radical (unpaired) electrons. The molecule has 4 nitrogen and oxygen atoms in total. The third-order valence-corrected chi connectivity index (χ3v) is 3.81. The van der Waals surface area contributed by atoms with E-state index in [9.17, 15) is 4.79 Å². The first-order chi connectivity index (χ1) is 10.3. The van der Waals surface area contributed by atoms with E-state index in [0.29, 0.717) is 18.9 Å². The fourth-order valence-corrected chi connectivity index (χ4v) is 2.57. The van der Waals surface area contributed by atoms with Crippen LogP contribution in [0.5, 0.6) is 5.75 Å². The average Bonchev–Trinajstić information content (AvgIpc) is 2.51. The maximum Gasteiger partial charge on any atom is 0.224 e. The van der Waals surface area contributed by atoms with Crippen molar-refractivity contribution in [2.24, 2.45) is 5.92 Å². The Morgan fingerprint density at radius 3 is 2.67 bits per heavy atom. The SMILES string of the molecule is CCOc1ccc(CC(=O)NCCC2CCOCC2)cc1. The second kappa shape index (κ2) is 8.67. The molecule has 1 aliphatic heterocycles. The Bertz CT molecular complexity index is 424. The summed E-state index contributed by atoms with van der Waals surface area (Å²) in [6.45, 7) is 5.11. The standard InChI is InChI=1S/C17H25NO3/c1-2-21-16-5-3-15(4-6-16)13-17(19)18-10-7-14-8-11-20-12-9-14/h3-6,14H,2,7-13H2,1H3,(H,18,19). The van der Waals surface area contributed by atoms with Gasteiger partial charge in [-0.05, 0) is 49.8 Å². The molecule has 0 aromatic heterocycles. The highest BCUT2D eigenvalue weighted by Crippen LogP contribution is 2.17. The predicted octanol–water partition coefficient (Wildman–Crippen LogP) is 2.56. The van der Waals surface area contributed by atoms with Crippen molar-refractivity contribution in [2.75, 3.05) is 26.4 Å². The predicted molar refractivity (Wildman–Crippen MR) is 82.5 cm³/mol. The zero-order valence-corrected chi connectivity index (χ0v) is 12.8. The molecule has 1 saturated heterocycles. The molecule has 1 aliphatic rings. The van der Waals surface area contributed by atoms with Crippen LogP contribution in [0.4, 0.5) is 0 Å². The molecule has 1 amide bonds. The van der Waals surface area contributed by atoms with Crippen molar-refractivity contribution in [3.05, 3.63) is 29.8 Å². The third kappa shape index (κ3) is 5.76. The number of nitrogens with one attached hydrogen (secondary N) is 1. The van der Waals surface area contributed by atoms with E-state index < -0.39 is 0 Å². The van der Waals surface area contributed by atoms with Crippen LogP contribution in [0.15, 0.2) is 24.3 Å². The minimum absolute atomic E-state index is 0.0891. The molecule has 0 saturated carbocycles. The zero-order chi connectivity index (χ0) is 14.9. The maximum absolute atomic E-state index is 11.9. The Kier molecular flexibility index (Phi) is 6.54. The van der Waals surface area contributed by atoms with E-state index in [1.807, 2.05) is 31.2 Å². The van der Waals surface area contributed by atoms with Gasteiger partial charge in [-0.1, -0.05) is 12.1 Å². The molecule has 0 spiro atoms. The Morgan fingerprint density at radius 1 is 1.29 bits per heavy atom. The number of amides is 1. The maximum atomic E-state index is 11.9. The van der Waals surface area contributed by atoms with Gasteiger partial charge in [0.15, 0.2) is 0 Å². The van der Waals surface area contributed by atoms with Crippen LogP contribution in [0.2, 0.25) is 0 Å². The Hall–Kier alpha value is -1.55. The van der Waals surface area contributed by atoms with Crippen molar-refractivity contribution in [3.8, 4) is 5.75 Å². The molecular formula is C17H25NO3. The second-order valence-electron chi connectivity index (χ2n) is 5.45. The van der Waals surface area contributed by atoms with Crippen LogP contribution in [-0.4, -0.2) is 32.3 Å². The number of hydrogen-bond donors (Lipinski definition) is 1. The highest BCUT2D eigenvalue weighted by atomic mass is 16.5. The fourth-order valence-electron chi connectivity index (χ4n) is 2.57. The van der Waals surface area contributed by atoms with Crippen LogP contribution >= 0.6 is 0 Å². The molecule has 21 heavy (non-hydrogen) atoms. The lowest BCUT2D eigenvalue weighted by molar-refractivity contribution is -0.120. The summed E-state index contributed by atoms with van der Waals surface area (Å²) in [7, 11) is 0. The summed E-state index contributed by atoms with van der Waals surface area (Å²) in [5.74, 6) is 1.64. The summed E-state index contributed by atoms with van der Waals surface area (Å²) >= 11 is 0. The van der Waals surface area contributed by atoms with Crippen molar-refractivity contribution in [1.82, 2.24) is 5.32 Å². The Labute approximate surface area is 126 Å². The summed E-state index contributed by atoms with van der Waals surface area (Å²) < 4.78 is 10.7. The molecule has 1 aromatic carbocycles. The number of hydrogen-bond acceptors (Lipinski definition) is 3. The highest BCUT2D eigenvalue weighted by Gasteiger charge is 2.13. The number of carbonyl (C=O) groups is 1. The first-order valence-corrected chi connectivity index (χ1v) is 7.84. The molecule has 1 fully saturated rings. The molecule has 116 valence electrons. The van der Waals surface area contributed by atoms with E-state index in [-0.39, 0.29) is 5.91 Å². The van der Waals surface area contributed by atoms with Gasteiger partial charge in [-0.3, -0.25) is 4.79 Å². The average molecular weight is 291 g/mol. The van der Waals surface area contributed by atoms with Crippen molar-refractivity contribution in [2.45, 2.75) is 32.6 Å². The summed E-state index contributed by atoms with van der Waals surface area (Å²) in [6.07, 6.45) is 3.72. The quantitative estimate of drug-likeness (QED) is 0.840. The monoisotopic (exact) mass is 291 g/mol. The molecule has 0 bridgehead atoms. The van der Waals surface area contributed by atoms with Gasteiger partial charge in [-0.15, -0.1) is 0 Å².